The molecule has 4 rings (SSSR count). The van der Waals surface area contributed by atoms with Gasteiger partial charge in [-0.15, -0.1) is 0 Å². The Bertz CT molecular complexity index is 1500. The SMILES string of the molecule is O=C(Nc1ccc(S(=O)(=O)Nc2ccccn2)cc1)c1ccc(Cc2ccccc2)cc1.O=C(O)C(F)(F)F. The molecular weight excluding hydrogens is 535 g/mol. The number of benzene rings is 3. The zero-order valence-corrected chi connectivity index (χ0v) is 20.9. The van der Waals surface area contributed by atoms with E-state index in [9.17, 15) is 26.4 Å². The Morgan fingerprint density at radius 1 is 0.795 bits per heavy atom. The van der Waals surface area contributed by atoms with Crippen molar-refractivity contribution in [1.29, 1.82) is 0 Å². The van der Waals surface area contributed by atoms with Gasteiger partial charge in [0.1, 0.15) is 5.82 Å². The Balaban J connectivity index is 0.000000532. The maximum Gasteiger partial charge on any atom is 0.490 e. The van der Waals surface area contributed by atoms with E-state index in [1.165, 1.54) is 23.9 Å². The molecule has 1 aromatic heterocycles. The van der Waals surface area contributed by atoms with Crippen LogP contribution in [0, 0.1) is 0 Å². The lowest BCUT2D eigenvalue weighted by Crippen LogP contribution is -2.21. The zero-order valence-electron chi connectivity index (χ0n) is 20.1. The highest BCUT2D eigenvalue weighted by Gasteiger charge is 2.38. The molecule has 0 aliphatic rings. The van der Waals surface area contributed by atoms with Gasteiger partial charge >= 0.3 is 12.1 Å². The fourth-order valence-corrected chi connectivity index (χ4v) is 4.15. The second-order valence-electron chi connectivity index (χ2n) is 7.96. The number of sulfonamides is 1. The molecule has 0 aliphatic heterocycles. The third-order valence-corrected chi connectivity index (χ3v) is 6.41. The number of nitrogens with zero attached hydrogens (tertiary/aromatic N) is 1. The molecule has 3 aromatic carbocycles. The lowest BCUT2D eigenvalue weighted by molar-refractivity contribution is -0.192. The van der Waals surface area contributed by atoms with Gasteiger partial charge in [0.15, 0.2) is 0 Å². The van der Waals surface area contributed by atoms with Crippen LogP contribution in [0.1, 0.15) is 21.5 Å². The molecule has 0 unspecified atom stereocenters. The molecule has 1 heterocycles. The van der Waals surface area contributed by atoms with E-state index in [2.05, 4.69) is 27.2 Å². The number of hydrogen-bond acceptors (Lipinski definition) is 5. The lowest BCUT2D eigenvalue weighted by Gasteiger charge is -2.09. The van der Waals surface area contributed by atoms with E-state index in [1.54, 1.807) is 42.5 Å². The van der Waals surface area contributed by atoms with Crippen molar-refractivity contribution in [2.24, 2.45) is 0 Å². The van der Waals surface area contributed by atoms with Crippen molar-refractivity contribution >= 4 is 33.4 Å². The van der Waals surface area contributed by atoms with Gasteiger partial charge in [-0.25, -0.2) is 18.2 Å². The van der Waals surface area contributed by atoms with Gasteiger partial charge in [-0.1, -0.05) is 48.5 Å². The predicted molar refractivity (Wildman–Crippen MR) is 139 cm³/mol. The zero-order chi connectivity index (χ0) is 28.5. The molecule has 1 amide bonds. The molecule has 0 atom stereocenters. The average molecular weight is 558 g/mol. The van der Waals surface area contributed by atoms with E-state index in [0.717, 1.165) is 12.0 Å². The largest absolute Gasteiger partial charge is 0.490 e. The van der Waals surface area contributed by atoms with Crippen LogP contribution in [-0.2, 0) is 21.2 Å². The third kappa shape index (κ3) is 8.97. The number of pyridine rings is 1. The molecule has 8 nitrogen and oxygen atoms in total. The van der Waals surface area contributed by atoms with Crippen molar-refractivity contribution in [3.63, 3.8) is 0 Å². The molecule has 3 N–H and O–H groups in total. The number of carbonyl (C=O) groups is 2. The summed E-state index contributed by atoms with van der Waals surface area (Å²) in [5.41, 5.74) is 3.34. The summed E-state index contributed by atoms with van der Waals surface area (Å²) in [6, 6.07) is 28.5. The van der Waals surface area contributed by atoms with Crippen LogP contribution in [0.25, 0.3) is 0 Å². The average Bonchev–Trinajstić information content (AvgIpc) is 2.90. The topological polar surface area (TPSA) is 125 Å². The summed E-state index contributed by atoms with van der Waals surface area (Å²) in [5.74, 6) is -2.79. The summed E-state index contributed by atoms with van der Waals surface area (Å²) >= 11 is 0. The highest BCUT2D eigenvalue weighted by atomic mass is 32.2. The van der Waals surface area contributed by atoms with Crippen molar-refractivity contribution in [2.75, 3.05) is 10.0 Å². The molecule has 0 saturated heterocycles. The van der Waals surface area contributed by atoms with Crippen LogP contribution >= 0.6 is 0 Å². The van der Waals surface area contributed by atoms with Crippen LogP contribution in [0.3, 0.4) is 0 Å². The highest BCUT2D eigenvalue weighted by molar-refractivity contribution is 7.92. The quantitative estimate of drug-likeness (QED) is 0.281. The Morgan fingerprint density at radius 2 is 1.36 bits per heavy atom. The first-order valence-electron chi connectivity index (χ1n) is 11.2. The normalized spacial score (nSPS) is 11.1. The highest BCUT2D eigenvalue weighted by Crippen LogP contribution is 2.18. The third-order valence-electron chi connectivity index (χ3n) is 5.04. The van der Waals surface area contributed by atoms with Crippen molar-refractivity contribution in [1.82, 2.24) is 4.98 Å². The minimum atomic E-state index is -5.08. The van der Waals surface area contributed by atoms with Crippen LogP contribution < -0.4 is 10.0 Å². The summed E-state index contributed by atoms with van der Waals surface area (Å²) in [5, 5.41) is 9.91. The van der Waals surface area contributed by atoms with Crippen molar-refractivity contribution in [2.45, 2.75) is 17.5 Å². The van der Waals surface area contributed by atoms with Gasteiger partial charge in [-0.2, -0.15) is 13.2 Å². The van der Waals surface area contributed by atoms with E-state index in [0.29, 0.717) is 11.3 Å². The molecule has 202 valence electrons. The maximum absolute atomic E-state index is 12.6. The van der Waals surface area contributed by atoms with Gasteiger partial charge in [-0.05, 0) is 66.1 Å². The van der Waals surface area contributed by atoms with E-state index < -0.39 is 22.2 Å². The predicted octanol–water partition coefficient (Wildman–Crippen LogP) is 5.36. The summed E-state index contributed by atoms with van der Waals surface area (Å²) < 4.78 is 59.1. The molecule has 0 saturated carbocycles. The van der Waals surface area contributed by atoms with Crippen molar-refractivity contribution < 1.29 is 36.3 Å². The Morgan fingerprint density at radius 3 is 1.90 bits per heavy atom. The monoisotopic (exact) mass is 557 g/mol. The molecule has 12 heteroatoms. The fourth-order valence-electron chi connectivity index (χ4n) is 3.15. The Kier molecular flexibility index (Phi) is 9.39. The second kappa shape index (κ2) is 12.7. The van der Waals surface area contributed by atoms with Crippen LogP contribution in [-0.4, -0.2) is 36.6 Å². The maximum atomic E-state index is 12.6. The summed E-state index contributed by atoms with van der Waals surface area (Å²) in [4.78, 5) is 25.5. The minimum absolute atomic E-state index is 0.0754. The summed E-state index contributed by atoms with van der Waals surface area (Å²) in [6.45, 7) is 0. The molecular formula is C27H22F3N3O5S. The number of hydrogen-bond donors (Lipinski definition) is 3. The van der Waals surface area contributed by atoms with Crippen molar-refractivity contribution in [3.8, 4) is 0 Å². The number of aliphatic carboxylic acids is 1. The van der Waals surface area contributed by atoms with Gasteiger partial charge in [-0.3, -0.25) is 9.52 Å². The number of alkyl halides is 3. The number of amides is 1. The van der Waals surface area contributed by atoms with Crippen LogP contribution in [0.2, 0.25) is 0 Å². The smallest absolute Gasteiger partial charge is 0.475 e. The molecule has 0 spiro atoms. The number of halogens is 3. The molecule has 0 aliphatic carbocycles. The van der Waals surface area contributed by atoms with Gasteiger partial charge < -0.3 is 10.4 Å². The molecule has 0 bridgehead atoms. The number of carboxylic acids is 1. The minimum Gasteiger partial charge on any atom is -0.475 e. The van der Waals surface area contributed by atoms with Crippen LogP contribution in [0.15, 0.2) is 108 Å². The molecule has 4 aromatic rings. The number of carbonyl (C=O) groups excluding carboxylic acids is 1. The molecule has 0 fully saturated rings. The number of nitrogens with one attached hydrogen (secondary N) is 2. The summed E-state index contributed by atoms with van der Waals surface area (Å²) in [7, 11) is -3.77. The van der Waals surface area contributed by atoms with E-state index in [-0.39, 0.29) is 16.6 Å². The first kappa shape index (κ1) is 28.9. The first-order valence-corrected chi connectivity index (χ1v) is 12.7. The van der Waals surface area contributed by atoms with Crippen LogP contribution in [0.5, 0.6) is 0 Å². The molecule has 0 radical (unpaired) electrons. The number of anilines is 2. The molecule has 39 heavy (non-hydrogen) atoms. The Hall–Kier alpha value is -4.71. The second-order valence-corrected chi connectivity index (χ2v) is 9.64. The summed E-state index contributed by atoms with van der Waals surface area (Å²) in [6.07, 6.45) is -2.78. The van der Waals surface area contributed by atoms with Gasteiger partial charge in [0, 0.05) is 17.4 Å². The number of aromatic nitrogens is 1. The first-order chi connectivity index (χ1) is 18.4. The van der Waals surface area contributed by atoms with Crippen LogP contribution in [0.4, 0.5) is 24.7 Å². The van der Waals surface area contributed by atoms with Gasteiger partial charge in [0.25, 0.3) is 15.9 Å². The number of carboxylic acid groups (broad SMARTS) is 1. The van der Waals surface area contributed by atoms with E-state index in [4.69, 9.17) is 9.90 Å². The standard InChI is InChI=1S/C25H21N3O3S.C2HF3O2/c29-25(21-11-9-20(10-12-21)18-19-6-2-1-3-7-19)27-22-13-15-23(16-14-22)32(30,31)28-24-8-4-5-17-26-24;3-2(4,5)1(6)7/h1-17H,18H2,(H,26,28)(H,27,29);(H,6,7). The van der Waals surface area contributed by atoms with Crippen molar-refractivity contribution in [3.05, 3.63) is 120 Å². The van der Waals surface area contributed by atoms with Gasteiger partial charge in [0.05, 0.1) is 4.90 Å². The number of rotatable bonds is 7. The van der Waals surface area contributed by atoms with E-state index >= 15 is 0 Å². The van der Waals surface area contributed by atoms with E-state index in [1.807, 2.05) is 30.3 Å². The fraction of sp³-hybridized carbons (Fsp3) is 0.0741. The Labute approximate surface area is 222 Å². The van der Waals surface area contributed by atoms with Gasteiger partial charge in [0.2, 0.25) is 0 Å². The lowest BCUT2D eigenvalue weighted by atomic mass is 10.0.